The molecule has 0 radical (unpaired) electrons. The molecule has 9 aromatic rings. The molecule has 0 saturated heterocycles. The number of nitrogens with zero attached hydrogens (tertiary/aromatic N) is 6. The van der Waals surface area contributed by atoms with Crippen molar-refractivity contribution in [1.29, 1.82) is 0 Å². The number of para-hydroxylation sites is 2. The Balaban J connectivity index is 0.00000289. The molecule has 0 spiro atoms. The van der Waals surface area contributed by atoms with E-state index in [4.69, 9.17) is 20.1 Å². The van der Waals surface area contributed by atoms with Gasteiger partial charge in [-0.2, -0.15) is 5.10 Å². The molecule has 6 nitrogen and oxygen atoms in total. The quantitative estimate of drug-likeness (QED) is 0.133. The minimum absolute atomic E-state index is 0. The molecule has 3 aromatic carbocycles. The van der Waals surface area contributed by atoms with Crippen LogP contribution in [0.15, 0.2) is 84.9 Å². The van der Waals surface area contributed by atoms with Gasteiger partial charge in [-0.1, -0.05) is 23.6 Å². The second-order valence-corrected chi connectivity index (χ2v) is 11.9. The largest absolute Gasteiger partial charge is 2.00 e. The van der Waals surface area contributed by atoms with Crippen LogP contribution in [0.4, 0.5) is 0 Å². The van der Waals surface area contributed by atoms with E-state index < -0.39 is 5.41 Å². The van der Waals surface area contributed by atoms with Crippen LogP contribution in [-0.4, -0.2) is 29.0 Å². The van der Waals surface area contributed by atoms with Gasteiger partial charge in [0.2, 0.25) is 0 Å². The van der Waals surface area contributed by atoms with Gasteiger partial charge in [0, 0.05) is 44.3 Å². The van der Waals surface area contributed by atoms with Crippen LogP contribution in [0, 0.1) is 26.0 Å². The van der Waals surface area contributed by atoms with Crippen molar-refractivity contribution < 1.29 is 21.1 Å². The van der Waals surface area contributed by atoms with Crippen LogP contribution in [0.2, 0.25) is 0 Å². The van der Waals surface area contributed by atoms with Crippen molar-refractivity contribution in [3.8, 4) is 0 Å². The molecule has 0 bridgehead atoms. The predicted octanol–water partition coefficient (Wildman–Crippen LogP) is 8.08. The van der Waals surface area contributed by atoms with Crippen LogP contribution in [0.5, 0.6) is 0 Å². The molecule has 0 atom stereocenters. The maximum Gasteiger partial charge on any atom is 2.00 e. The van der Waals surface area contributed by atoms with Crippen molar-refractivity contribution in [2.75, 3.05) is 0 Å². The van der Waals surface area contributed by atoms with Crippen molar-refractivity contribution >= 4 is 65.8 Å². The molecule has 7 heteroatoms. The summed E-state index contributed by atoms with van der Waals surface area (Å²) in [7, 11) is 0. The van der Waals surface area contributed by atoms with Crippen molar-refractivity contribution in [3.05, 3.63) is 120 Å². The van der Waals surface area contributed by atoms with Crippen LogP contribution < -0.4 is 0 Å². The van der Waals surface area contributed by atoms with Gasteiger partial charge in [-0.15, -0.1) is 59.3 Å². The Labute approximate surface area is 267 Å². The van der Waals surface area contributed by atoms with Crippen LogP contribution in [-0.2, 0) is 26.5 Å². The summed E-state index contributed by atoms with van der Waals surface area (Å²) >= 11 is 0. The molecule has 0 aliphatic heterocycles. The zero-order chi connectivity index (χ0) is 29.0. The third kappa shape index (κ3) is 3.52. The van der Waals surface area contributed by atoms with E-state index in [1.54, 1.807) is 0 Å². The van der Waals surface area contributed by atoms with Crippen LogP contribution in [0.25, 0.3) is 65.8 Å². The van der Waals surface area contributed by atoms with Gasteiger partial charge >= 0.3 is 21.1 Å². The number of aromatic nitrogens is 6. The van der Waals surface area contributed by atoms with E-state index in [0.29, 0.717) is 0 Å². The topological polar surface area (TPSA) is 60.4 Å². The van der Waals surface area contributed by atoms with Gasteiger partial charge in [0.25, 0.3) is 0 Å². The van der Waals surface area contributed by atoms with Gasteiger partial charge in [-0.25, -0.2) is 9.50 Å². The molecule has 6 aromatic heterocycles. The summed E-state index contributed by atoms with van der Waals surface area (Å²) in [6, 6.07) is 36.0. The third-order valence-corrected chi connectivity index (χ3v) is 9.10. The van der Waals surface area contributed by atoms with Crippen molar-refractivity contribution in [1.82, 2.24) is 29.0 Å². The van der Waals surface area contributed by atoms with Gasteiger partial charge < -0.3 is 4.40 Å². The fraction of sp³-hybridized carbons (Fsp3) is 0.135. The zero-order valence-corrected chi connectivity index (χ0v) is 26.9. The SMILES string of the molecule is Cc1nn2c3ccc(C(C)(C)c4ccc5c(n4)c4[c-]cccc4n4c6ccccc6nc54)nc3c3[c-]cccc3c2c1C.[Pt+2]. The Morgan fingerprint density at radius 2 is 1.36 bits per heavy atom. The predicted molar refractivity (Wildman–Crippen MR) is 173 cm³/mol. The summed E-state index contributed by atoms with van der Waals surface area (Å²) in [5.74, 6) is 0. The zero-order valence-electron chi connectivity index (χ0n) is 24.6. The van der Waals surface area contributed by atoms with E-state index in [1.807, 2.05) is 34.8 Å². The molecule has 0 aliphatic rings. The average Bonchev–Trinajstić information content (AvgIpc) is 3.58. The summed E-state index contributed by atoms with van der Waals surface area (Å²) in [5, 5.41) is 8.98. The fourth-order valence-electron chi connectivity index (χ4n) is 6.64. The molecular formula is C37H26N6Pt. The van der Waals surface area contributed by atoms with E-state index in [1.165, 1.54) is 5.56 Å². The van der Waals surface area contributed by atoms with Gasteiger partial charge in [0.15, 0.2) is 0 Å². The Morgan fingerprint density at radius 1 is 0.659 bits per heavy atom. The molecule has 0 saturated carbocycles. The van der Waals surface area contributed by atoms with Gasteiger partial charge in [-0.3, -0.25) is 9.97 Å². The molecular weight excluding hydrogens is 724 g/mol. The van der Waals surface area contributed by atoms with Gasteiger partial charge in [-0.05, 0) is 69.1 Å². The molecule has 214 valence electrons. The number of aryl methyl sites for hydroxylation is 2. The number of hydrogen-bond acceptors (Lipinski definition) is 4. The number of benzene rings is 3. The Hall–Kier alpha value is -4.67. The summed E-state index contributed by atoms with van der Waals surface area (Å²) in [4.78, 5) is 15.7. The van der Waals surface area contributed by atoms with Crippen LogP contribution in [0.1, 0.15) is 36.5 Å². The second-order valence-electron chi connectivity index (χ2n) is 11.9. The number of pyridine rings is 4. The molecule has 0 N–H and O–H groups in total. The first-order chi connectivity index (χ1) is 20.9. The summed E-state index contributed by atoms with van der Waals surface area (Å²) < 4.78 is 4.26. The second kappa shape index (κ2) is 9.41. The Kier molecular flexibility index (Phi) is 5.76. The van der Waals surface area contributed by atoms with E-state index in [2.05, 4.69) is 98.8 Å². The van der Waals surface area contributed by atoms with Crippen LogP contribution >= 0.6 is 0 Å². The van der Waals surface area contributed by atoms with Gasteiger partial charge in [0.1, 0.15) is 5.65 Å². The summed E-state index contributed by atoms with van der Waals surface area (Å²) in [6.07, 6.45) is 0. The maximum atomic E-state index is 5.33. The number of fused-ring (bicyclic) bond motifs is 14. The fourth-order valence-corrected chi connectivity index (χ4v) is 6.64. The van der Waals surface area contributed by atoms with Crippen molar-refractivity contribution in [2.24, 2.45) is 0 Å². The first kappa shape index (κ1) is 26.9. The minimum Gasteiger partial charge on any atom is -0.335 e. The molecule has 6 heterocycles. The van der Waals surface area contributed by atoms with Crippen molar-refractivity contribution in [2.45, 2.75) is 33.1 Å². The monoisotopic (exact) mass is 749 g/mol. The molecule has 44 heavy (non-hydrogen) atoms. The first-order valence-corrected chi connectivity index (χ1v) is 14.5. The maximum absolute atomic E-state index is 5.33. The molecule has 0 fully saturated rings. The molecule has 9 rings (SSSR count). The van der Waals surface area contributed by atoms with Crippen molar-refractivity contribution in [3.63, 3.8) is 0 Å². The van der Waals surface area contributed by atoms with E-state index in [0.717, 1.165) is 82.9 Å². The average molecular weight is 750 g/mol. The number of imidazole rings is 1. The normalized spacial score (nSPS) is 12.4. The number of hydrogen-bond donors (Lipinski definition) is 0. The van der Waals surface area contributed by atoms with E-state index in [-0.39, 0.29) is 21.1 Å². The minimum atomic E-state index is -0.484. The van der Waals surface area contributed by atoms with E-state index >= 15 is 0 Å². The molecule has 0 amide bonds. The number of rotatable bonds is 2. The summed E-state index contributed by atoms with van der Waals surface area (Å²) in [5.41, 5.74) is 11.4. The van der Waals surface area contributed by atoms with Gasteiger partial charge in [0.05, 0.1) is 16.7 Å². The molecule has 0 aliphatic carbocycles. The van der Waals surface area contributed by atoms with E-state index in [9.17, 15) is 0 Å². The smallest absolute Gasteiger partial charge is 0.335 e. The molecule has 0 unspecified atom stereocenters. The van der Waals surface area contributed by atoms with Crippen LogP contribution in [0.3, 0.4) is 0 Å². The Morgan fingerprint density at radius 3 is 2.20 bits per heavy atom. The third-order valence-electron chi connectivity index (χ3n) is 9.10. The Bertz CT molecular complexity index is 2630. The first-order valence-electron chi connectivity index (χ1n) is 14.5. The standard InChI is InChI=1S/C37H26N6.Pt/c1-21-22(2)41-43-30-18-20-32(40-34(30)23-11-5-6-12-24(23)35(21)43)37(3,4)31-19-17-26-33(39-31)25-13-7-9-15-28(25)42-29-16-10-8-14-27(29)38-36(26)42;/h5-10,12,14-20H,1-4H3;/q-2;+2. The summed E-state index contributed by atoms with van der Waals surface area (Å²) in [6.45, 7) is 8.57.